The Labute approximate surface area is 123 Å². The van der Waals surface area contributed by atoms with Crippen molar-refractivity contribution in [1.29, 1.82) is 0 Å². The molecule has 0 bridgehead atoms. The van der Waals surface area contributed by atoms with E-state index in [-0.39, 0.29) is 0 Å². The van der Waals surface area contributed by atoms with Crippen LogP contribution in [0.5, 0.6) is 5.75 Å². The maximum Gasteiger partial charge on any atom is 0.409 e. The van der Waals surface area contributed by atoms with Crippen LogP contribution < -0.4 is 9.64 Å². The van der Waals surface area contributed by atoms with Crippen LogP contribution in [0, 0.1) is 0 Å². The van der Waals surface area contributed by atoms with Gasteiger partial charge in [-0.1, -0.05) is 0 Å². The summed E-state index contributed by atoms with van der Waals surface area (Å²) in [6, 6.07) is 7.20. The molecule has 0 atom stereocenters. The summed E-state index contributed by atoms with van der Waals surface area (Å²) < 4.78 is 15.2. The van der Waals surface area contributed by atoms with Gasteiger partial charge in [0.2, 0.25) is 0 Å². The van der Waals surface area contributed by atoms with Gasteiger partial charge in [-0.15, -0.1) is 0 Å². The molecule has 0 unspecified atom stereocenters. The van der Waals surface area contributed by atoms with Crippen LogP contribution in [-0.2, 0) is 8.85 Å². The average molecular weight is 320 g/mol. The largest absolute Gasteiger partial charge is 0.426 e. The summed E-state index contributed by atoms with van der Waals surface area (Å²) >= 11 is 5.15. The van der Waals surface area contributed by atoms with Crippen molar-refractivity contribution in [2.45, 2.75) is 0 Å². The van der Waals surface area contributed by atoms with Crippen molar-refractivity contribution in [2.75, 3.05) is 31.2 Å². The van der Waals surface area contributed by atoms with Gasteiger partial charge in [0.15, 0.2) is 0 Å². The number of carbonyl (C=O) groups is 1. The third-order valence-electron chi connectivity index (χ3n) is 2.53. The lowest BCUT2D eigenvalue weighted by Crippen LogP contribution is -2.30. The number of benzene rings is 1. The van der Waals surface area contributed by atoms with Crippen LogP contribution in [0.4, 0.5) is 10.5 Å². The molecule has 0 fully saturated rings. The highest BCUT2D eigenvalue weighted by Gasteiger charge is 2.07. The minimum absolute atomic E-state index is 0.432. The van der Waals surface area contributed by atoms with Gasteiger partial charge in [-0.05, 0) is 24.3 Å². The molecule has 0 spiro atoms. The van der Waals surface area contributed by atoms with Gasteiger partial charge in [-0.2, -0.15) is 0 Å². The second kappa shape index (κ2) is 9.10. The highest BCUT2D eigenvalue weighted by Crippen LogP contribution is 2.19. The fourth-order valence-corrected chi connectivity index (χ4v) is 2.04. The van der Waals surface area contributed by atoms with Gasteiger partial charge in [0, 0.05) is 30.4 Å². The zero-order valence-corrected chi connectivity index (χ0v) is 15.9. The minimum atomic E-state index is -0.835. The van der Waals surface area contributed by atoms with Gasteiger partial charge in [0.25, 0.3) is 0 Å². The molecule has 8 heteroatoms. The maximum atomic E-state index is 10.6. The molecule has 1 aromatic rings. The monoisotopic (exact) mass is 319 g/mol. The number of hydrogen-bond donors (Lipinski definition) is 0. The molecule has 106 valence electrons. The smallest absolute Gasteiger partial charge is 0.409 e. The summed E-state index contributed by atoms with van der Waals surface area (Å²) in [7, 11) is 1.47. The van der Waals surface area contributed by atoms with Crippen LogP contribution in [0.25, 0.3) is 0 Å². The Morgan fingerprint density at radius 3 is 2.05 bits per heavy atom. The van der Waals surface area contributed by atoms with E-state index in [0.29, 0.717) is 19.0 Å². The summed E-state index contributed by atoms with van der Waals surface area (Å²) in [4.78, 5) is 12.8. The van der Waals surface area contributed by atoms with Crippen molar-refractivity contribution in [2.24, 2.45) is 0 Å². The number of carbonyl (C=O) groups excluding carboxylic acids is 1. The standard InChI is InChI=1S/C11H18ClNO4Si2/c12-11(14)17-10-3-1-9(2-4-10)13(5-7-15-18)6-8-16-19/h1-4H,5-8H2,18-19H3. The number of halogens is 1. The molecular weight excluding hydrogens is 302 g/mol. The fraction of sp³-hybridized carbons (Fsp3) is 0.364. The average Bonchev–Trinajstić information content (AvgIpc) is 2.39. The van der Waals surface area contributed by atoms with Crippen LogP contribution in [0.3, 0.4) is 0 Å². The van der Waals surface area contributed by atoms with Crippen LogP contribution in [0.1, 0.15) is 0 Å². The molecule has 0 aliphatic rings. The van der Waals surface area contributed by atoms with E-state index >= 15 is 0 Å². The Morgan fingerprint density at radius 1 is 1.11 bits per heavy atom. The minimum Gasteiger partial charge on any atom is -0.426 e. The molecule has 0 aliphatic heterocycles. The van der Waals surface area contributed by atoms with Crippen molar-refractivity contribution in [3.63, 3.8) is 0 Å². The summed E-state index contributed by atoms with van der Waals surface area (Å²) in [5, 5.41) is 0. The molecule has 0 radical (unpaired) electrons. The van der Waals surface area contributed by atoms with E-state index < -0.39 is 5.43 Å². The van der Waals surface area contributed by atoms with Crippen molar-refractivity contribution < 1.29 is 18.4 Å². The summed E-state index contributed by atoms with van der Waals surface area (Å²) in [6.45, 7) is 3.02. The molecule has 0 aromatic heterocycles. The van der Waals surface area contributed by atoms with E-state index in [2.05, 4.69) is 4.90 Å². The van der Waals surface area contributed by atoms with Crippen molar-refractivity contribution in [3.05, 3.63) is 24.3 Å². The molecule has 19 heavy (non-hydrogen) atoms. The molecule has 0 amide bonds. The molecule has 5 nitrogen and oxygen atoms in total. The first kappa shape index (κ1) is 16.2. The molecule has 1 aromatic carbocycles. The van der Waals surface area contributed by atoms with Crippen molar-refractivity contribution >= 4 is 43.7 Å². The lowest BCUT2D eigenvalue weighted by Gasteiger charge is -2.24. The van der Waals surface area contributed by atoms with Crippen molar-refractivity contribution in [1.82, 2.24) is 0 Å². The molecular formula is C11H18ClNO4Si2. The van der Waals surface area contributed by atoms with E-state index in [1.165, 1.54) is 0 Å². The number of hydrogen-bond acceptors (Lipinski definition) is 5. The van der Waals surface area contributed by atoms with E-state index in [4.69, 9.17) is 25.2 Å². The molecule has 0 aliphatic carbocycles. The zero-order chi connectivity index (χ0) is 14.1. The van der Waals surface area contributed by atoms with E-state index in [1.54, 1.807) is 12.1 Å². The number of nitrogens with zero attached hydrogens (tertiary/aromatic N) is 1. The fourth-order valence-electron chi connectivity index (χ4n) is 1.59. The highest BCUT2D eigenvalue weighted by atomic mass is 35.5. The zero-order valence-electron chi connectivity index (χ0n) is 11.1. The third kappa shape index (κ3) is 6.21. The Bertz CT molecular complexity index is 383. The quantitative estimate of drug-likeness (QED) is 0.491. The van der Waals surface area contributed by atoms with Gasteiger partial charge in [0.05, 0.1) is 13.2 Å². The van der Waals surface area contributed by atoms with Gasteiger partial charge < -0.3 is 18.5 Å². The maximum absolute atomic E-state index is 10.6. The predicted molar refractivity (Wildman–Crippen MR) is 82.3 cm³/mol. The van der Waals surface area contributed by atoms with Gasteiger partial charge in [0.1, 0.15) is 26.7 Å². The van der Waals surface area contributed by atoms with E-state index in [1.807, 2.05) is 12.1 Å². The van der Waals surface area contributed by atoms with Gasteiger partial charge in [-0.3, -0.25) is 0 Å². The third-order valence-corrected chi connectivity index (χ3v) is 3.42. The lowest BCUT2D eigenvalue weighted by molar-refractivity contribution is 0.225. The highest BCUT2D eigenvalue weighted by molar-refractivity contribution is 6.61. The Kier molecular flexibility index (Phi) is 7.76. The first-order chi connectivity index (χ1) is 9.17. The van der Waals surface area contributed by atoms with E-state index in [9.17, 15) is 4.79 Å². The molecule has 0 N–H and O–H groups in total. The first-order valence-corrected chi connectivity index (χ1v) is 7.88. The van der Waals surface area contributed by atoms with Crippen LogP contribution >= 0.6 is 11.6 Å². The predicted octanol–water partition coefficient (Wildman–Crippen LogP) is -0.175. The Balaban J connectivity index is 2.68. The van der Waals surface area contributed by atoms with Crippen LogP contribution in [0.15, 0.2) is 24.3 Å². The number of anilines is 1. The second-order valence-electron chi connectivity index (χ2n) is 3.81. The first-order valence-electron chi connectivity index (χ1n) is 5.87. The molecule has 0 heterocycles. The normalized spacial score (nSPS) is 10.6. The summed E-state index contributed by atoms with van der Waals surface area (Å²) in [5.41, 5.74) is 0.199. The second-order valence-corrected chi connectivity index (χ2v) is 5.27. The number of rotatable bonds is 8. The molecule has 0 saturated heterocycles. The summed E-state index contributed by atoms with van der Waals surface area (Å²) in [6.07, 6.45) is 0. The molecule has 0 saturated carbocycles. The van der Waals surface area contributed by atoms with Crippen molar-refractivity contribution in [3.8, 4) is 5.75 Å². The van der Waals surface area contributed by atoms with Gasteiger partial charge in [-0.25, -0.2) is 4.79 Å². The van der Waals surface area contributed by atoms with Crippen LogP contribution in [0.2, 0.25) is 0 Å². The molecule has 1 rings (SSSR count). The lowest BCUT2D eigenvalue weighted by atomic mass is 10.2. The van der Waals surface area contributed by atoms with Crippen LogP contribution in [-0.4, -0.2) is 52.7 Å². The topological polar surface area (TPSA) is 48.0 Å². The summed E-state index contributed by atoms with van der Waals surface area (Å²) in [5.74, 6) is 0.432. The van der Waals surface area contributed by atoms with E-state index in [0.717, 1.165) is 39.7 Å². The SMILES string of the molecule is O=C(Cl)Oc1ccc(N(CCO[SiH3])CCO[SiH3])cc1. The Hall–Kier alpha value is -0.866. The Morgan fingerprint density at radius 2 is 1.63 bits per heavy atom. The number of ether oxygens (including phenoxy) is 1. The van der Waals surface area contributed by atoms with Gasteiger partial charge >= 0.3 is 5.43 Å².